The average molecular weight is 169 g/mol. The molecule has 1 heteroatoms. The second kappa shape index (κ2) is 3.12. The standard InChI is InChI=1S/C11H23N/c1-8(2)11(7,9(3)12)10(4,5)6/h8H,3,12H2,1-2,4-7H3. The minimum atomic E-state index is 0.0208. The molecule has 0 bridgehead atoms. The van der Waals surface area contributed by atoms with E-state index in [1.165, 1.54) is 0 Å². The predicted molar refractivity (Wildman–Crippen MR) is 55.7 cm³/mol. The second-order valence-corrected chi connectivity index (χ2v) is 5.13. The topological polar surface area (TPSA) is 26.0 Å². The molecule has 0 saturated carbocycles. The van der Waals surface area contributed by atoms with Crippen LogP contribution in [0.25, 0.3) is 0 Å². The Bertz CT molecular complexity index is 174. The molecule has 0 aliphatic carbocycles. The third-order valence-corrected chi connectivity index (χ3v) is 3.38. The van der Waals surface area contributed by atoms with Crippen molar-refractivity contribution in [3.8, 4) is 0 Å². The highest BCUT2D eigenvalue weighted by Crippen LogP contribution is 2.47. The van der Waals surface area contributed by atoms with E-state index in [9.17, 15) is 0 Å². The van der Waals surface area contributed by atoms with Crippen molar-refractivity contribution < 1.29 is 0 Å². The molecule has 2 N–H and O–H groups in total. The molecule has 0 aromatic heterocycles. The zero-order chi connectivity index (χ0) is 10.2. The van der Waals surface area contributed by atoms with E-state index in [-0.39, 0.29) is 10.8 Å². The molecule has 0 spiro atoms. The summed E-state index contributed by atoms with van der Waals surface area (Å²) in [5.74, 6) is 0.523. The van der Waals surface area contributed by atoms with Crippen molar-refractivity contribution in [1.29, 1.82) is 0 Å². The van der Waals surface area contributed by atoms with Gasteiger partial charge in [0, 0.05) is 11.1 Å². The van der Waals surface area contributed by atoms with Gasteiger partial charge in [0.25, 0.3) is 0 Å². The summed E-state index contributed by atoms with van der Waals surface area (Å²) in [6.07, 6.45) is 0. The first kappa shape index (κ1) is 11.5. The Balaban J connectivity index is 5.02. The zero-order valence-electron chi connectivity index (χ0n) is 9.36. The van der Waals surface area contributed by atoms with Crippen molar-refractivity contribution in [2.75, 3.05) is 0 Å². The third-order valence-electron chi connectivity index (χ3n) is 3.38. The van der Waals surface area contributed by atoms with Gasteiger partial charge in [-0.05, 0) is 11.3 Å². The molecular formula is C11H23N. The van der Waals surface area contributed by atoms with E-state index < -0.39 is 0 Å². The van der Waals surface area contributed by atoms with Crippen LogP contribution < -0.4 is 5.73 Å². The molecule has 0 radical (unpaired) electrons. The van der Waals surface area contributed by atoms with E-state index >= 15 is 0 Å². The average Bonchev–Trinajstić information content (AvgIpc) is 1.82. The fraction of sp³-hybridized carbons (Fsp3) is 0.818. The van der Waals surface area contributed by atoms with Crippen molar-refractivity contribution in [1.82, 2.24) is 0 Å². The predicted octanol–water partition coefficient (Wildman–Crippen LogP) is 3.17. The van der Waals surface area contributed by atoms with Gasteiger partial charge in [-0.15, -0.1) is 0 Å². The lowest BCUT2D eigenvalue weighted by Crippen LogP contribution is -2.41. The lowest BCUT2D eigenvalue weighted by Gasteiger charge is -2.45. The van der Waals surface area contributed by atoms with Crippen LogP contribution in [0, 0.1) is 16.7 Å². The summed E-state index contributed by atoms with van der Waals surface area (Å²) in [7, 11) is 0. The number of nitrogens with two attached hydrogens (primary N) is 1. The molecule has 0 aromatic carbocycles. The highest BCUT2D eigenvalue weighted by molar-refractivity contribution is 5.10. The molecule has 0 rings (SSSR count). The lowest BCUT2D eigenvalue weighted by atomic mass is 9.60. The molecule has 0 fully saturated rings. The molecule has 1 unspecified atom stereocenters. The van der Waals surface area contributed by atoms with E-state index in [1.54, 1.807) is 0 Å². The molecule has 0 saturated heterocycles. The van der Waals surface area contributed by atoms with Gasteiger partial charge in [-0.25, -0.2) is 0 Å². The Morgan fingerprint density at radius 1 is 1.17 bits per heavy atom. The molecule has 0 aromatic rings. The van der Waals surface area contributed by atoms with E-state index in [2.05, 4.69) is 48.1 Å². The van der Waals surface area contributed by atoms with Gasteiger partial charge < -0.3 is 5.73 Å². The highest BCUT2D eigenvalue weighted by atomic mass is 14.7. The van der Waals surface area contributed by atoms with E-state index in [1.807, 2.05) is 0 Å². The Kier molecular flexibility index (Phi) is 3.00. The van der Waals surface area contributed by atoms with Gasteiger partial charge in [-0.2, -0.15) is 0 Å². The number of hydrogen-bond donors (Lipinski definition) is 1. The minimum Gasteiger partial charge on any atom is -0.402 e. The molecule has 1 nitrogen and oxygen atoms in total. The van der Waals surface area contributed by atoms with Crippen molar-refractivity contribution in [2.45, 2.75) is 41.5 Å². The van der Waals surface area contributed by atoms with Gasteiger partial charge in [0.1, 0.15) is 0 Å². The molecule has 72 valence electrons. The largest absolute Gasteiger partial charge is 0.402 e. The zero-order valence-corrected chi connectivity index (χ0v) is 9.36. The van der Waals surface area contributed by atoms with Crippen molar-refractivity contribution in [3.05, 3.63) is 12.3 Å². The van der Waals surface area contributed by atoms with Crippen LogP contribution in [0.3, 0.4) is 0 Å². The molecule has 1 atom stereocenters. The summed E-state index contributed by atoms with van der Waals surface area (Å²) < 4.78 is 0. The van der Waals surface area contributed by atoms with Gasteiger partial charge >= 0.3 is 0 Å². The van der Waals surface area contributed by atoms with Gasteiger partial charge in [-0.1, -0.05) is 48.1 Å². The first-order valence-corrected chi connectivity index (χ1v) is 4.59. The lowest BCUT2D eigenvalue weighted by molar-refractivity contribution is 0.0927. The summed E-state index contributed by atoms with van der Waals surface area (Å²) in [5.41, 5.74) is 6.85. The minimum absolute atomic E-state index is 0.0208. The van der Waals surface area contributed by atoms with E-state index in [0.29, 0.717) is 5.92 Å². The van der Waals surface area contributed by atoms with Crippen LogP contribution in [-0.2, 0) is 0 Å². The molecular weight excluding hydrogens is 146 g/mol. The number of hydrogen-bond acceptors (Lipinski definition) is 1. The quantitative estimate of drug-likeness (QED) is 0.675. The summed E-state index contributed by atoms with van der Waals surface area (Å²) in [6, 6.07) is 0. The van der Waals surface area contributed by atoms with Crippen LogP contribution in [0.5, 0.6) is 0 Å². The SMILES string of the molecule is C=C(N)C(C)(C(C)C)C(C)(C)C. The normalized spacial score (nSPS) is 17.6. The maximum absolute atomic E-state index is 5.86. The van der Waals surface area contributed by atoms with Crippen LogP contribution in [0.2, 0.25) is 0 Å². The van der Waals surface area contributed by atoms with Gasteiger partial charge in [0.2, 0.25) is 0 Å². The summed E-state index contributed by atoms with van der Waals surface area (Å²) in [4.78, 5) is 0. The summed E-state index contributed by atoms with van der Waals surface area (Å²) >= 11 is 0. The van der Waals surface area contributed by atoms with Crippen LogP contribution >= 0.6 is 0 Å². The van der Waals surface area contributed by atoms with Gasteiger partial charge in [0.05, 0.1) is 0 Å². The highest BCUT2D eigenvalue weighted by Gasteiger charge is 2.41. The Hall–Kier alpha value is -0.460. The van der Waals surface area contributed by atoms with Gasteiger partial charge in [-0.3, -0.25) is 0 Å². The van der Waals surface area contributed by atoms with Crippen molar-refractivity contribution in [3.63, 3.8) is 0 Å². The number of rotatable bonds is 2. The summed E-state index contributed by atoms with van der Waals surface area (Å²) in [6.45, 7) is 17.1. The molecule has 0 aliphatic rings. The van der Waals surface area contributed by atoms with Crippen molar-refractivity contribution in [2.24, 2.45) is 22.5 Å². The van der Waals surface area contributed by atoms with Crippen LogP contribution in [-0.4, -0.2) is 0 Å². The van der Waals surface area contributed by atoms with Gasteiger partial charge in [0.15, 0.2) is 0 Å². The Morgan fingerprint density at radius 2 is 1.50 bits per heavy atom. The first-order chi connectivity index (χ1) is 5.14. The maximum atomic E-state index is 5.86. The molecule has 0 heterocycles. The first-order valence-electron chi connectivity index (χ1n) is 4.59. The van der Waals surface area contributed by atoms with Crippen LogP contribution in [0.15, 0.2) is 12.3 Å². The van der Waals surface area contributed by atoms with Crippen LogP contribution in [0.4, 0.5) is 0 Å². The van der Waals surface area contributed by atoms with E-state index in [4.69, 9.17) is 5.73 Å². The number of allylic oxidation sites excluding steroid dienone is 1. The molecule has 12 heavy (non-hydrogen) atoms. The Labute approximate surface area is 77.0 Å². The second-order valence-electron chi connectivity index (χ2n) is 5.13. The van der Waals surface area contributed by atoms with E-state index in [0.717, 1.165) is 5.70 Å². The van der Waals surface area contributed by atoms with Crippen molar-refractivity contribution >= 4 is 0 Å². The monoisotopic (exact) mass is 169 g/mol. The maximum Gasteiger partial charge on any atom is 0.0136 e. The molecule has 0 aliphatic heterocycles. The smallest absolute Gasteiger partial charge is 0.0136 e. The van der Waals surface area contributed by atoms with Crippen LogP contribution in [0.1, 0.15) is 41.5 Å². The fourth-order valence-electron chi connectivity index (χ4n) is 1.72. The third kappa shape index (κ3) is 1.65. The fourth-order valence-corrected chi connectivity index (χ4v) is 1.72. The Morgan fingerprint density at radius 3 is 1.50 bits per heavy atom. The molecule has 0 amide bonds. The summed E-state index contributed by atoms with van der Waals surface area (Å²) in [5, 5.41) is 0.